The Morgan fingerprint density at radius 2 is 2.12 bits per heavy atom. The lowest BCUT2D eigenvalue weighted by Crippen LogP contribution is -2.34. The van der Waals surface area contributed by atoms with Gasteiger partial charge in [-0.15, -0.1) is 10.2 Å². The monoisotopic (exact) mass is 339 g/mol. The second kappa shape index (κ2) is 7.75. The minimum Gasteiger partial charge on any atom is -0.338 e. The van der Waals surface area contributed by atoms with Crippen LogP contribution in [0.15, 0.2) is 24.5 Å². The fourth-order valence-electron chi connectivity index (χ4n) is 3.00. The van der Waals surface area contributed by atoms with Crippen molar-refractivity contribution < 1.29 is 4.79 Å². The Balaban J connectivity index is 1.46. The molecule has 1 aliphatic carbocycles. The van der Waals surface area contributed by atoms with Crippen LogP contribution in [-0.2, 0) is 7.05 Å². The number of nitriles is 1. The van der Waals surface area contributed by atoms with Crippen molar-refractivity contribution in [1.29, 1.82) is 5.26 Å². The van der Waals surface area contributed by atoms with Crippen LogP contribution >= 0.6 is 0 Å². The molecule has 0 bridgehead atoms. The molecular weight excluding hydrogens is 318 g/mol. The Kier molecular flexibility index (Phi) is 5.23. The fraction of sp³-hybridized carbons (Fsp3) is 0.471. The standard InChI is InChI=1S/C17H21N7O/c1-24-11-14(10-20-24)15-6-7-16(23-22-15)21-17(25)19-9-13-4-2-12(8-18)3-5-13/h6-7,10-13H,2-5,9H2,1H3,(H2,19,21,23,25). The smallest absolute Gasteiger partial charge is 0.320 e. The van der Waals surface area contributed by atoms with Crippen LogP contribution in [-0.4, -0.2) is 32.6 Å². The summed E-state index contributed by atoms with van der Waals surface area (Å²) in [5, 5.41) is 26.7. The lowest BCUT2D eigenvalue weighted by molar-refractivity contribution is 0.245. The van der Waals surface area contributed by atoms with Gasteiger partial charge in [0.25, 0.3) is 0 Å². The zero-order chi connectivity index (χ0) is 17.6. The third-order valence-electron chi connectivity index (χ3n) is 4.49. The van der Waals surface area contributed by atoms with E-state index in [2.05, 4.69) is 32.0 Å². The predicted octanol–water partition coefficient (Wildman–Crippen LogP) is 2.33. The van der Waals surface area contributed by atoms with E-state index in [9.17, 15) is 4.79 Å². The topological polar surface area (TPSA) is 109 Å². The lowest BCUT2D eigenvalue weighted by Gasteiger charge is -2.24. The number of hydrogen-bond donors (Lipinski definition) is 2. The number of aromatic nitrogens is 4. The molecule has 0 aliphatic heterocycles. The third kappa shape index (κ3) is 4.53. The molecule has 2 aromatic heterocycles. The average molecular weight is 339 g/mol. The van der Waals surface area contributed by atoms with Crippen LogP contribution in [0.2, 0.25) is 0 Å². The zero-order valence-corrected chi connectivity index (χ0v) is 14.1. The molecule has 2 N–H and O–H groups in total. The molecule has 25 heavy (non-hydrogen) atoms. The van der Waals surface area contributed by atoms with Gasteiger partial charge in [0.1, 0.15) is 0 Å². The Labute approximate surface area is 146 Å². The van der Waals surface area contributed by atoms with E-state index < -0.39 is 0 Å². The lowest BCUT2D eigenvalue weighted by atomic mass is 9.83. The highest BCUT2D eigenvalue weighted by Gasteiger charge is 2.21. The molecule has 0 atom stereocenters. The normalized spacial score (nSPS) is 19.8. The first-order chi connectivity index (χ1) is 12.1. The molecule has 0 saturated heterocycles. The van der Waals surface area contributed by atoms with Crippen LogP contribution in [0.4, 0.5) is 10.6 Å². The Morgan fingerprint density at radius 1 is 1.32 bits per heavy atom. The van der Waals surface area contributed by atoms with E-state index in [0.29, 0.717) is 24.0 Å². The number of aryl methyl sites for hydroxylation is 1. The van der Waals surface area contributed by atoms with Crippen LogP contribution in [0.1, 0.15) is 25.7 Å². The summed E-state index contributed by atoms with van der Waals surface area (Å²) in [5.41, 5.74) is 1.58. The van der Waals surface area contributed by atoms with Crippen molar-refractivity contribution in [2.75, 3.05) is 11.9 Å². The van der Waals surface area contributed by atoms with Crippen molar-refractivity contribution >= 4 is 11.8 Å². The number of anilines is 1. The Morgan fingerprint density at radius 3 is 2.72 bits per heavy atom. The fourth-order valence-corrected chi connectivity index (χ4v) is 3.00. The molecule has 0 unspecified atom stereocenters. The molecule has 8 heteroatoms. The van der Waals surface area contributed by atoms with Crippen LogP contribution in [0, 0.1) is 23.2 Å². The first-order valence-corrected chi connectivity index (χ1v) is 8.41. The molecule has 0 radical (unpaired) electrons. The molecule has 1 aliphatic rings. The minimum atomic E-state index is -0.286. The molecular formula is C17H21N7O. The largest absolute Gasteiger partial charge is 0.338 e. The van der Waals surface area contributed by atoms with Gasteiger partial charge in [-0.3, -0.25) is 10.00 Å². The molecule has 8 nitrogen and oxygen atoms in total. The minimum absolute atomic E-state index is 0.179. The molecule has 2 aromatic rings. The maximum atomic E-state index is 12.0. The number of rotatable bonds is 4. The summed E-state index contributed by atoms with van der Waals surface area (Å²) in [4.78, 5) is 12.0. The van der Waals surface area contributed by atoms with E-state index in [4.69, 9.17) is 5.26 Å². The number of nitrogens with one attached hydrogen (secondary N) is 2. The summed E-state index contributed by atoms with van der Waals surface area (Å²) in [5.74, 6) is 1.02. The quantitative estimate of drug-likeness (QED) is 0.888. The van der Waals surface area contributed by atoms with Crippen LogP contribution in [0.5, 0.6) is 0 Å². The van der Waals surface area contributed by atoms with Gasteiger partial charge in [0.2, 0.25) is 0 Å². The van der Waals surface area contributed by atoms with Crippen molar-refractivity contribution in [1.82, 2.24) is 25.3 Å². The highest BCUT2D eigenvalue weighted by molar-refractivity contribution is 5.88. The summed E-state index contributed by atoms with van der Waals surface area (Å²) in [6.07, 6.45) is 7.38. The second-order valence-corrected chi connectivity index (χ2v) is 6.39. The number of carbonyl (C=O) groups excluding carboxylic acids is 1. The highest BCUT2D eigenvalue weighted by Crippen LogP contribution is 2.27. The van der Waals surface area contributed by atoms with E-state index >= 15 is 0 Å². The van der Waals surface area contributed by atoms with Gasteiger partial charge in [-0.05, 0) is 43.7 Å². The first kappa shape index (κ1) is 16.9. The molecule has 2 heterocycles. The van der Waals surface area contributed by atoms with Gasteiger partial charge in [0.05, 0.1) is 18.0 Å². The SMILES string of the molecule is Cn1cc(-c2ccc(NC(=O)NCC3CCC(C#N)CC3)nn2)cn1. The van der Waals surface area contributed by atoms with Gasteiger partial charge in [0, 0.05) is 31.3 Å². The molecule has 0 aromatic carbocycles. The number of carbonyl (C=O) groups is 1. The van der Waals surface area contributed by atoms with Crippen molar-refractivity contribution in [2.24, 2.45) is 18.9 Å². The molecule has 130 valence electrons. The van der Waals surface area contributed by atoms with E-state index in [-0.39, 0.29) is 11.9 Å². The van der Waals surface area contributed by atoms with Crippen LogP contribution in [0.25, 0.3) is 11.3 Å². The Bertz CT molecular complexity index is 754. The summed E-state index contributed by atoms with van der Waals surface area (Å²) in [7, 11) is 1.84. The summed E-state index contributed by atoms with van der Waals surface area (Å²) in [6.45, 7) is 0.616. The summed E-state index contributed by atoms with van der Waals surface area (Å²) in [6, 6.07) is 5.54. The van der Waals surface area contributed by atoms with Gasteiger partial charge in [0.15, 0.2) is 5.82 Å². The van der Waals surface area contributed by atoms with Crippen molar-refractivity contribution in [3.05, 3.63) is 24.5 Å². The van der Waals surface area contributed by atoms with Gasteiger partial charge < -0.3 is 5.32 Å². The van der Waals surface area contributed by atoms with E-state index in [0.717, 1.165) is 31.2 Å². The first-order valence-electron chi connectivity index (χ1n) is 8.41. The number of nitrogens with zero attached hydrogens (tertiary/aromatic N) is 5. The third-order valence-corrected chi connectivity index (χ3v) is 4.49. The van der Waals surface area contributed by atoms with E-state index in [1.54, 1.807) is 23.0 Å². The summed E-state index contributed by atoms with van der Waals surface area (Å²) < 4.78 is 1.70. The molecule has 3 rings (SSSR count). The molecule has 1 fully saturated rings. The van der Waals surface area contributed by atoms with Gasteiger partial charge in [-0.25, -0.2) is 4.79 Å². The predicted molar refractivity (Wildman–Crippen MR) is 92.3 cm³/mol. The number of urea groups is 1. The Hall–Kier alpha value is -2.95. The molecule has 2 amide bonds. The number of amides is 2. The van der Waals surface area contributed by atoms with Crippen molar-refractivity contribution in [3.8, 4) is 17.3 Å². The molecule has 1 saturated carbocycles. The van der Waals surface area contributed by atoms with Crippen LogP contribution in [0.3, 0.4) is 0 Å². The molecule has 0 spiro atoms. The van der Waals surface area contributed by atoms with E-state index in [1.165, 1.54) is 0 Å². The van der Waals surface area contributed by atoms with Gasteiger partial charge >= 0.3 is 6.03 Å². The van der Waals surface area contributed by atoms with Crippen molar-refractivity contribution in [3.63, 3.8) is 0 Å². The maximum absolute atomic E-state index is 12.0. The average Bonchev–Trinajstić information content (AvgIpc) is 3.07. The summed E-state index contributed by atoms with van der Waals surface area (Å²) >= 11 is 0. The van der Waals surface area contributed by atoms with Gasteiger partial charge in [-0.2, -0.15) is 10.4 Å². The zero-order valence-electron chi connectivity index (χ0n) is 14.1. The maximum Gasteiger partial charge on any atom is 0.320 e. The van der Waals surface area contributed by atoms with Crippen molar-refractivity contribution in [2.45, 2.75) is 25.7 Å². The number of hydrogen-bond acceptors (Lipinski definition) is 5. The van der Waals surface area contributed by atoms with Gasteiger partial charge in [-0.1, -0.05) is 0 Å². The second-order valence-electron chi connectivity index (χ2n) is 6.39. The van der Waals surface area contributed by atoms with E-state index in [1.807, 2.05) is 13.2 Å². The highest BCUT2D eigenvalue weighted by atomic mass is 16.2. The van der Waals surface area contributed by atoms with Crippen LogP contribution < -0.4 is 10.6 Å².